The lowest BCUT2D eigenvalue weighted by molar-refractivity contribution is 0.0987. The molecule has 88 valence electrons. The molecular weight excluding hydrogens is 284 g/mol. The second-order valence-electron chi connectivity index (χ2n) is 3.73. The second kappa shape index (κ2) is 4.71. The number of halogens is 1. The number of carbonyl (C=O) groups is 1. The van der Waals surface area contributed by atoms with Crippen molar-refractivity contribution in [2.24, 2.45) is 0 Å². The lowest BCUT2D eigenvalue weighted by Crippen LogP contribution is -2.12. The number of aryl methyl sites for hydroxylation is 2. The van der Waals surface area contributed by atoms with E-state index in [0.29, 0.717) is 11.3 Å². The molecule has 2 aromatic rings. The number of aromatic nitrogens is 1. The molecule has 1 N–H and O–H groups in total. The number of nitrogens with one attached hydrogen (secondary N) is 1. The third-order valence-electron chi connectivity index (χ3n) is 2.39. The third kappa shape index (κ3) is 2.39. The van der Waals surface area contributed by atoms with Gasteiger partial charge in [0, 0.05) is 10.0 Å². The van der Waals surface area contributed by atoms with E-state index in [2.05, 4.69) is 26.4 Å². The minimum Gasteiger partial charge on any atom is -0.351 e. The Morgan fingerprint density at radius 3 is 2.76 bits per heavy atom. The van der Waals surface area contributed by atoms with E-state index in [4.69, 9.17) is 4.52 Å². The first-order valence-electron chi connectivity index (χ1n) is 5.07. The van der Waals surface area contributed by atoms with Crippen molar-refractivity contribution in [2.45, 2.75) is 13.8 Å². The van der Waals surface area contributed by atoms with Gasteiger partial charge in [-0.25, -0.2) is 0 Å². The Morgan fingerprint density at radius 1 is 1.35 bits per heavy atom. The Bertz CT molecular complexity index is 563. The van der Waals surface area contributed by atoms with Crippen molar-refractivity contribution in [1.82, 2.24) is 5.16 Å². The van der Waals surface area contributed by atoms with E-state index < -0.39 is 0 Å². The molecule has 17 heavy (non-hydrogen) atoms. The van der Waals surface area contributed by atoms with Gasteiger partial charge in [-0.1, -0.05) is 17.3 Å². The van der Waals surface area contributed by atoms with Crippen LogP contribution in [0.25, 0.3) is 0 Å². The summed E-state index contributed by atoms with van der Waals surface area (Å²) in [5, 5.41) is 6.35. The summed E-state index contributed by atoms with van der Waals surface area (Å²) in [5.41, 5.74) is 2.48. The molecule has 0 fully saturated rings. The molecular formula is C12H11BrN2O2. The zero-order chi connectivity index (χ0) is 12.4. The van der Waals surface area contributed by atoms with E-state index in [1.54, 1.807) is 6.92 Å². The Balaban J connectivity index is 2.25. The van der Waals surface area contributed by atoms with E-state index in [0.717, 1.165) is 10.0 Å². The molecule has 1 aromatic carbocycles. The smallest absolute Gasteiger partial charge is 0.294 e. The van der Waals surface area contributed by atoms with Crippen molar-refractivity contribution >= 4 is 27.5 Å². The molecule has 0 aliphatic heterocycles. The van der Waals surface area contributed by atoms with E-state index in [1.165, 1.54) is 6.20 Å². The first-order valence-corrected chi connectivity index (χ1v) is 5.86. The largest absolute Gasteiger partial charge is 0.351 e. The van der Waals surface area contributed by atoms with Crippen LogP contribution in [0.15, 0.2) is 33.4 Å². The van der Waals surface area contributed by atoms with Crippen LogP contribution in [0.2, 0.25) is 0 Å². The number of nitrogens with zero attached hydrogens (tertiary/aromatic N) is 1. The molecule has 1 amide bonds. The van der Waals surface area contributed by atoms with Gasteiger partial charge in [0.1, 0.15) is 0 Å². The summed E-state index contributed by atoms with van der Waals surface area (Å²) in [5.74, 6) is -0.0651. The van der Waals surface area contributed by atoms with Crippen molar-refractivity contribution in [3.63, 3.8) is 0 Å². The molecule has 5 heteroatoms. The van der Waals surface area contributed by atoms with Crippen molar-refractivity contribution in [2.75, 3.05) is 5.32 Å². The fourth-order valence-electron chi connectivity index (χ4n) is 1.43. The molecule has 0 radical (unpaired) electrons. The number of carbonyl (C=O) groups excluding carboxylic acids is 1. The molecule has 0 aliphatic rings. The van der Waals surface area contributed by atoms with Gasteiger partial charge in [-0.15, -0.1) is 0 Å². The zero-order valence-electron chi connectivity index (χ0n) is 9.45. The van der Waals surface area contributed by atoms with Gasteiger partial charge in [-0.3, -0.25) is 4.79 Å². The van der Waals surface area contributed by atoms with E-state index >= 15 is 0 Å². The van der Waals surface area contributed by atoms with E-state index in [1.807, 2.05) is 25.1 Å². The van der Waals surface area contributed by atoms with Crippen LogP contribution in [0.1, 0.15) is 21.7 Å². The number of anilines is 1. The summed E-state index contributed by atoms with van der Waals surface area (Å²) >= 11 is 3.43. The van der Waals surface area contributed by atoms with Gasteiger partial charge >= 0.3 is 0 Å². The molecule has 0 saturated carbocycles. The van der Waals surface area contributed by atoms with Gasteiger partial charge in [0.25, 0.3) is 5.91 Å². The summed E-state index contributed by atoms with van der Waals surface area (Å²) in [6, 6.07) is 5.66. The fraction of sp³-hybridized carbons (Fsp3) is 0.167. The summed E-state index contributed by atoms with van der Waals surface area (Å²) in [6.07, 6.45) is 1.51. The van der Waals surface area contributed by atoms with E-state index in [-0.39, 0.29) is 11.7 Å². The Kier molecular flexibility index (Phi) is 3.28. The highest BCUT2D eigenvalue weighted by Crippen LogP contribution is 2.26. The molecule has 0 saturated heterocycles. The third-order valence-corrected chi connectivity index (χ3v) is 3.45. The normalized spacial score (nSPS) is 10.3. The van der Waals surface area contributed by atoms with Crippen LogP contribution in [0.5, 0.6) is 0 Å². The number of benzene rings is 1. The van der Waals surface area contributed by atoms with Gasteiger partial charge in [-0.2, -0.15) is 0 Å². The summed E-state index contributed by atoms with van der Waals surface area (Å²) in [7, 11) is 0. The summed E-state index contributed by atoms with van der Waals surface area (Å²) < 4.78 is 5.76. The Hall–Kier alpha value is -1.62. The molecule has 1 aromatic heterocycles. The zero-order valence-corrected chi connectivity index (χ0v) is 11.0. The maximum atomic E-state index is 11.9. The highest BCUT2D eigenvalue weighted by atomic mass is 79.9. The van der Waals surface area contributed by atoms with Gasteiger partial charge in [0.2, 0.25) is 5.76 Å². The maximum absolute atomic E-state index is 11.9. The Labute approximate surface area is 107 Å². The number of hydrogen-bond acceptors (Lipinski definition) is 3. The average molecular weight is 295 g/mol. The molecule has 0 bridgehead atoms. The predicted molar refractivity (Wildman–Crippen MR) is 68.1 cm³/mol. The average Bonchev–Trinajstić information content (AvgIpc) is 2.71. The van der Waals surface area contributed by atoms with Crippen molar-refractivity contribution in [1.29, 1.82) is 0 Å². The molecule has 0 unspecified atom stereocenters. The quantitative estimate of drug-likeness (QED) is 0.924. The highest BCUT2D eigenvalue weighted by molar-refractivity contribution is 9.10. The number of rotatable bonds is 2. The highest BCUT2D eigenvalue weighted by Gasteiger charge is 2.15. The molecule has 0 aliphatic carbocycles. The lowest BCUT2D eigenvalue weighted by atomic mass is 10.2. The molecule has 1 heterocycles. The molecule has 0 atom stereocenters. The van der Waals surface area contributed by atoms with Gasteiger partial charge in [0.05, 0.1) is 11.9 Å². The van der Waals surface area contributed by atoms with Crippen molar-refractivity contribution in [3.8, 4) is 0 Å². The summed E-state index contributed by atoms with van der Waals surface area (Å²) in [4.78, 5) is 11.9. The second-order valence-corrected chi connectivity index (χ2v) is 4.52. The van der Waals surface area contributed by atoms with Crippen molar-refractivity contribution in [3.05, 3.63) is 45.8 Å². The number of hydrogen-bond donors (Lipinski definition) is 1. The van der Waals surface area contributed by atoms with E-state index in [9.17, 15) is 4.79 Å². The minimum absolute atomic E-state index is 0.235. The standard InChI is InChI=1S/C12H11BrN2O2/c1-7-4-3-5-9(10(7)13)15-12(16)11-8(2)6-14-17-11/h3-6H,1-2H3,(H,15,16). The summed E-state index contributed by atoms with van der Waals surface area (Å²) in [6.45, 7) is 3.73. The van der Waals surface area contributed by atoms with Crippen LogP contribution in [-0.4, -0.2) is 11.1 Å². The maximum Gasteiger partial charge on any atom is 0.294 e. The minimum atomic E-state index is -0.300. The first kappa shape index (κ1) is 11.9. The predicted octanol–water partition coefficient (Wildman–Crippen LogP) is 3.31. The molecule has 0 spiro atoms. The number of amides is 1. The molecule has 4 nitrogen and oxygen atoms in total. The first-order chi connectivity index (χ1) is 8.09. The van der Waals surface area contributed by atoms with Crippen LogP contribution in [0.4, 0.5) is 5.69 Å². The van der Waals surface area contributed by atoms with Crippen LogP contribution < -0.4 is 5.32 Å². The fourth-order valence-corrected chi connectivity index (χ4v) is 1.80. The monoisotopic (exact) mass is 294 g/mol. The van der Waals surface area contributed by atoms with Gasteiger partial charge in [0.15, 0.2) is 0 Å². The van der Waals surface area contributed by atoms with Gasteiger partial charge in [-0.05, 0) is 41.4 Å². The van der Waals surface area contributed by atoms with Gasteiger partial charge < -0.3 is 9.84 Å². The lowest BCUT2D eigenvalue weighted by Gasteiger charge is -2.07. The van der Waals surface area contributed by atoms with Crippen molar-refractivity contribution < 1.29 is 9.32 Å². The molecule has 2 rings (SSSR count). The van der Waals surface area contributed by atoms with Crippen LogP contribution in [0.3, 0.4) is 0 Å². The SMILES string of the molecule is Cc1cnoc1C(=O)Nc1cccc(C)c1Br. The van der Waals surface area contributed by atoms with Crippen LogP contribution in [0, 0.1) is 13.8 Å². The Morgan fingerprint density at radius 2 is 2.12 bits per heavy atom. The topological polar surface area (TPSA) is 55.1 Å². The van der Waals surface area contributed by atoms with Crippen LogP contribution >= 0.6 is 15.9 Å². The van der Waals surface area contributed by atoms with Crippen LogP contribution in [-0.2, 0) is 0 Å².